The number of anilines is 1. The average Bonchev–Trinajstić information content (AvgIpc) is 3.36. The zero-order valence-corrected chi connectivity index (χ0v) is 23.1. The summed E-state index contributed by atoms with van der Waals surface area (Å²) in [5.74, 6) is 1.62. The molecule has 1 saturated heterocycles. The number of piperidine rings is 1. The van der Waals surface area contributed by atoms with Gasteiger partial charge in [0.15, 0.2) is 0 Å². The normalized spacial score (nSPS) is 19.3. The Kier molecular flexibility index (Phi) is 7.41. The number of pyridine rings is 3. The molecule has 0 aromatic carbocycles. The third kappa shape index (κ3) is 5.75. The molecule has 10 heteroatoms. The molecule has 0 saturated carbocycles. The van der Waals surface area contributed by atoms with Crippen LogP contribution >= 0.6 is 0 Å². The highest BCUT2D eigenvalue weighted by molar-refractivity contribution is 5.92. The van der Waals surface area contributed by atoms with Gasteiger partial charge in [-0.05, 0) is 56.0 Å². The number of aliphatic hydroxyl groups is 1. The van der Waals surface area contributed by atoms with Gasteiger partial charge < -0.3 is 20.1 Å². The second-order valence-electron chi connectivity index (χ2n) is 11.1. The molecular formula is C30H33N7O3. The Morgan fingerprint density at radius 1 is 1.18 bits per heavy atom. The Bertz CT molecular complexity index is 1530. The second kappa shape index (κ2) is 10.9. The van der Waals surface area contributed by atoms with Crippen LogP contribution in [0, 0.1) is 23.2 Å². The number of nitriles is 1. The molecule has 2 N–H and O–H groups in total. The number of carbonyl (C=O) groups excluding carboxylic acids is 1. The molecule has 0 radical (unpaired) electrons. The molecule has 40 heavy (non-hydrogen) atoms. The van der Waals surface area contributed by atoms with Crippen molar-refractivity contribution in [1.29, 1.82) is 5.26 Å². The maximum Gasteiger partial charge on any atom is 0.270 e. The van der Waals surface area contributed by atoms with Crippen LogP contribution in [0.1, 0.15) is 43.7 Å². The maximum absolute atomic E-state index is 12.7. The highest BCUT2D eigenvalue weighted by Crippen LogP contribution is 2.32. The van der Waals surface area contributed by atoms with Crippen LogP contribution in [0.15, 0.2) is 61.2 Å². The van der Waals surface area contributed by atoms with Gasteiger partial charge in [0, 0.05) is 42.7 Å². The Hall–Kier alpha value is -4.49. The van der Waals surface area contributed by atoms with Gasteiger partial charge in [-0.25, -0.2) is 9.50 Å². The monoisotopic (exact) mass is 539 g/mol. The molecule has 0 unspecified atom stereocenters. The first-order chi connectivity index (χ1) is 19.1. The summed E-state index contributed by atoms with van der Waals surface area (Å²) in [7, 11) is 0. The van der Waals surface area contributed by atoms with Gasteiger partial charge in [-0.2, -0.15) is 10.4 Å². The standard InChI is InChI=1S/C30H33N7O3/c1-19-15-36(16-20(2)27(19)35-29(38)25-7-5-6-10-32-25)26-9-8-21(13-33-26)24-11-23(40-18-30(3,4)39)17-37-28(24)22(12-31)14-34-37/h5-11,13-14,17,19-20,27,39H,15-16,18H2,1-4H3,(H,35,38)/t19-,20+,27+. The van der Waals surface area contributed by atoms with E-state index < -0.39 is 5.60 Å². The summed E-state index contributed by atoms with van der Waals surface area (Å²) in [4.78, 5) is 23.9. The van der Waals surface area contributed by atoms with Crippen molar-refractivity contribution in [2.45, 2.75) is 39.3 Å². The van der Waals surface area contributed by atoms with Crippen molar-refractivity contribution in [3.8, 4) is 22.9 Å². The number of fused-ring (bicyclic) bond motifs is 1. The van der Waals surface area contributed by atoms with Crippen LogP contribution in [0.3, 0.4) is 0 Å². The minimum atomic E-state index is -0.997. The van der Waals surface area contributed by atoms with E-state index in [-0.39, 0.29) is 30.4 Å². The average molecular weight is 540 g/mol. The predicted molar refractivity (Wildman–Crippen MR) is 151 cm³/mol. The van der Waals surface area contributed by atoms with Gasteiger partial charge in [0.25, 0.3) is 5.91 Å². The zero-order valence-electron chi connectivity index (χ0n) is 23.1. The third-order valence-electron chi connectivity index (χ3n) is 7.12. The lowest BCUT2D eigenvalue weighted by atomic mass is 9.85. The van der Waals surface area contributed by atoms with Gasteiger partial charge >= 0.3 is 0 Å². The first-order valence-electron chi connectivity index (χ1n) is 13.3. The molecule has 1 aliphatic rings. The van der Waals surface area contributed by atoms with Crippen LogP contribution in [-0.4, -0.2) is 61.9 Å². The van der Waals surface area contributed by atoms with Gasteiger partial charge in [0.05, 0.1) is 29.1 Å². The number of amides is 1. The van der Waals surface area contributed by atoms with Crippen LogP contribution < -0.4 is 15.0 Å². The summed E-state index contributed by atoms with van der Waals surface area (Å²) in [5.41, 5.74) is 2.12. The second-order valence-corrected chi connectivity index (χ2v) is 11.1. The summed E-state index contributed by atoms with van der Waals surface area (Å²) in [5, 5.41) is 27.3. The summed E-state index contributed by atoms with van der Waals surface area (Å²) in [6, 6.07) is 13.4. The largest absolute Gasteiger partial charge is 0.489 e. The Morgan fingerprint density at radius 3 is 2.58 bits per heavy atom. The Balaban J connectivity index is 1.35. The van der Waals surface area contributed by atoms with E-state index in [1.54, 1.807) is 49.1 Å². The predicted octanol–water partition coefficient (Wildman–Crippen LogP) is 3.70. The van der Waals surface area contributed by atoms with Crippen molar-refractivity contribution in [3.05, 3.63) is 72.4 Å². The van der Waals surface area contributed by atoms with E-state index in [0.29, 0.717) is 22.5 Å². The number of hydrogen-bond donors (Lipinski definition) is 2. The molecule has 0 aliphatic carbocycles. The van der Waals surface area contributed by atoms with E-state index >= 15 is 0 Å². The van der Waals surface area contributed by atoms with Crippen LogP contribution in [-0.2, 0) is 0 Å². The summed E-state index contributed by atoms with van der Waals surface area (Å²) < 4.78 is 7.46. The van der Waals surface area contributed by atoms with Crippen molar-refractivity contribution in [3.63, 3.8) is 0 Å². The number of aromatic nitrogens is 4. The van der Waals surface area contributed by atoms with Crippen LogP contribution in [0.2, 0.25) is 0 Å². The lowest BCUT2D eigenvalue weighted by molar-refractivity contribution is 0.0283. The van der Waals surface area contributed by atoms with E-state index in [4.69, 9.17) is 9.72 Å². The van der Waals surface area contributed by atoms with E-state index in [1.807, 2.05) is 24.3 Å². The van der Waals surface area contributed by atoms with Gasteiger partial charge in [-0.1, -0.05) is 19.9 Å². The molecule has 1 fully saturated rings. The van der Waals surface area contributed by atoms with E-state index in [0.717, 1.165) is 30.0 Å². The Morgan fingerprint density at radius 2 is 1.95 bits per heavy atom. The van der Waals surface area contributed by atoms with Crippen LogP contribution in [0.4, 0.5) is 5.82 Å². The van der Waals surface area contributed by atoms with Crippen molar-refractivity contribution in [1.82, 2.24) is 24.9 Å². The topological polar surface area (TPSA) is 129 Å². The van der Waals surface area contributed by atoms with Crippen molar-refractivity contribution in [2.24, 2.45) is 11.8 Å². The SMILES string of the molecule is C[C@@H]1CN(c2ccc(-c3cc(OCC(C)(C)O)cn4ncc(C#N)c34)cn2)C[C@H](C)[C@H]1NC(=O)c1ccccn1. The van der Waals surface area contributed by atoms with Gasteiger partial charge in [-0.15, -0.1) is 0 Å². The number of carbonyl (C=O) groups is 1. The molecule has 5 rings (SSSR count). The molecule has 4 aromatic heterocycles. The first kappa shape index (κ1) is 27.1. The quantitative estimate of drug-likeness (QED) is 0.364. The van der Waals surface area contributed by atoms with Gasteiger partial charge in [-0.3, -0.25) is 9.78 Å². The lowest BCUT2D eigenvalue weighted by Gasteiger charge is -2.42. The molecule has 206 valence electrons. The fourth-order valence-corrected chi connectivity index (χ4v) is 5.22. The fourth-order valence-electron chi connectivity index (χ4n) is 5.22. The minimum absolute atomic E-state index is 0.0243. The van der Waals surface area contributed by atoms with E-state index in [1.165, 1.54) is 6.20 Å². The lowest BCUT2D eigenvalue weighted by Crippen LogP contribution is -2.55. The van der Waals surface area contributed by atoms with E-state index in [2.05, 4.69) is 40.2 Å². The third-order valence-corrected chi connectivity index (χ3v) is 7.12. The first-order valence-corrected chi connectivity index (χ1v) is 13.3. The number of hydrogen-bond acceptors (Lipinski definition) is 8. The highest BCUT2D eigenvalue weighted by Gasteiger charge is 2.34. The van der Waals surface area contributed by atoms with Crippen molar-refractivity contribution in [2.75, 3.05) is 24.6 Å². The van der Waals surface area contributed by atoms with Crippen LogP contribution in [0.5, 0.6) is 5.75 Å². The molecule has 0 bridgehead atoms. The Labute approximate surface area is 233 Å². The molecule has 10 nitrogen and oxygen atoms in total. The number of ether oxygens (including phenoxy) is 1. The fraction of sp³-hybridized carbons (Fsp3) is 0.367. The number of nitrogens with one attached hydrogen (secondary N) is 1. The maximum atomic E-state index is 12.7. The number of nitrogens with zero attached hydrogens (tertiary/aromatic N) is 6. The van der Waals surface area contributed by atoms with Crippen molar-refractivity contribution >= 4 is 17.2 Å². The van der Waals surface area contributed by atoms with Gasteiger partial charge in [0.1, 0.15) is 29.9 Å². The molecular weight excluding hydrogens is 506 g/mol. The van der Waals surface area contributed by atoms with Crippen LogP contribution in [0.25, 0.3) is 16.6 Å². The number of rotatable bonds is 7. The highest BCUT2D eigenvalue weighted by atomic mass is 16.5. The molecule has 1 amide bonds. The molecule has 0 spiro atoms. The van der Waals surface area contributed by atoms with Gasteiger partial charge in [0.2, 0.25) is 0 Å². The molecule has 1 aliphatic heterocycles. The van der Waals surface area contributed by atoms with Crippen molar-refractivity contribution < 1.29 is 14.6 Å². The minimum Gasteiger partial charge on any atom is -0.489 e. The smallest absolute Gasteiger partial charge is 0.270 e. The molecule has 3 atom stereocenters. The van der Waals surface area contributed by atoms with E-state index in [9.17, 15) is 15.2 Å². The molecule has 5 heterocycles. The summed E-state index contributed by atoms with van der Waals surface area (Å²) in [6.07, 6.45) is 6.65. The molecule has 4 aromatic rings. The summed E-state index contributed by atoms with van der Waals surface area (Å²) in [6.45, 7) is 9.23. The zero-order chi connectivity index (χ0) is 28.4. The summed E-state index contributed by atoms with van der Waals surface area (Å²) >= 11 is 0.